The van der Waals surface area contributed by atoms with Crippen molar-refractivity contribution in [2.45, 2.75) is 31.7 Å². The van der Waals surface area contributed by atoms with E-state index in [1.165, 1.54) is 19.3 Å². The molecule has 4 nitrogen and oxygen atoms in total. The molecular formula is C7H12ClN3O. The number of aromatic nitrogens is 2. The molecule has 1 aliphatic carbocycles. The van der Waals surface area contributed by atoms with Crippen LogP contribution in [0.4, 0.5) is 0 Å². The minimum Gasteiger partial charge on any atom is -0.339 e. The Bertz CT molecular complexity index is 247. The molecule has 0 aromatic carbocycles. The van der Waals surface area contributed by atoms with Crippen LogP contribution in [0.15, 0.2) is 4.52 Å². The first-order valence-electron chi connectivity index (χ1n) is 3.92. The molecular weight excluding hydrogens is 178 g/mol. The lowest BCUT2D eigenvalue weighted by Crippen LogP contribution is -2.09. The zero-order chi connectivity index (χ0) is 7.68. The van der Waals surface area contributed by atoms with Crippen molar-refractivity contribution in [2.75, 3.05) is 0 Å². The van der Waals surface area contributed by atoms with Crippen LogP contribution >= 0.6 is 12.4 Å². The zero-order valence-corrected chi connectivity index (χ0v) is 7.51. The summed E-state index contributed by atoms with van der Waals surface area (Å²) in [6, 6.07) is 0. The van der Waals surface area contributed by atoms with Gasteiger partial charge in [0.15, 0.2) is 5.82 Å². The van der Waals surface area contributed by atoms with Crippen molar-refractivity contribution in [1.82, 2.24) is 10.1 Å². The smallest absolute Gasteiger partial charge is 0.229 e. The van der Waals surface area contributed by atoms with Gasteiger partial charge in [0.1, 0.15) is 0 Å². The van der Waals surface area contributed by atoms with E-state index in [1.807, 2.05) is 0 Å². The van der Waals surface area contributed by atoms with Crippen LogP contribution in [0, 0.1) is 0 Å². The van der Waals surface area contributed by atoms with Gasteiger partial charge in [-0.1, -0.05) is 11.6 Å². The SMILES string of the molecule is Cl.NCc1noc(C2CCC2)n1. The molecule has 1 aromatic rings. The average molecular weight is 190 g/mol. The van der Waals surface area contributed by atoms with Crippen LogP contribution in [0.2, 0.25) is 0 Å². The molecule has 0 saturated heterocycles. The highest BCUT2D eigenvalue weighted by molar-refractivity contribution is 5.85. The number of hydrogen-bond acceptors (Lipinski definition) is 4. The van der Waals surface area contributed by atoms with Gasteiger partial charge in [0.2, 0.25) is 5.89 Å². The molecule has 1 heterocycles. The molecule has 0 aliphatic heterocycles. The Labute approximate surface area is 76.9 Å². The van der Waals surface area contributed by atoms with Crippen LogP contribution in [0.5, 0.6) is 0 Å². The number of rotatable bonds is 2. The van der Waals surface area contributed by atoms with Gasteiger partial charge >= 0.3 is 0 Å². The second-order valence-corrected chi connectivity index (χ2v) is 2.88. The molecule has 0 spiro atoms. The fourth-order valence-electron chi connectivity index (χ4n) is 1.17. The normalized spacial score (nSPS) is 16.8. The monoisotopic (exact) mass is 189 g/mol. The molecule has 0 radical (unpaired) electrons. The fourth-order valence-corrected chi connectivity index (χ4v) is 1.17. The highest BCUT2D eigenvalue weighted by Gasteiger charge is 2.24. The molecule has 0 unspecified atom stereocenters. The predicted octanol–water partition coefficient (Wildman–Crippen LogP) is 1.22. The molecule has 5 heteroatoms. The van der Waals surface area contributed by atoms with Gasteiger partial charge in [-0.15, -0.1) is 12.4 Å². The molecule has 0 amide bonds. The minimum atomic E-state index is 0. The van der Waals surface area contributed by atoms with Gasteiger partial charge in [0.05, 0.1) is 6.54 Å². The lowest BCUT2D eigenvalue weighted by atomic mass is 9.85. The molecule has 2 N–H and O–H groups in total. The third kappa shape index (κ3) is 1.59. The quantitative estimate of drug-likeness (QED) is 0.760. The molecule has 1 aromatic heterocycles. The van der Waals surface area contributed by atoms with E-state index in [2.05, 4.69) is 10.1 Å². The average Bonchev–Trinajstić information content (AvgIpc) is 2.32. The number of hydrogen-bond donors (Lipinski definition) is 1. The second kappa shape index (κ2) is 3.87. The lowest BCUT2D eigenvalue weighted by Gasteiger charge is -2.20. The number of nitrogens with zero attached hydrogens (tertiary/aromatic N) is 2. The molecule has 1 fully saturated rings. The summed E-state index contributed by atoms with van der Waals surface area (Å²) in [7, 11) is 0. The summed E-state index contributed by atoms with van der Waals surface area (Å²) in [6.07, 6.45) is 3.66. The molecule has 0 atom stereocenters. The van der Waals surface area contributed by atoms with E-state index < -0.39 is 0 Å². The topological polar surface area (TPSA) is 64.9 Å². The Kier molecular flexibility index (Phi) is 3.05. The van der Waals surface area contributed by atoms with E-state index in [4.69, 9.17) is 10.3 Å². The Balaban J connectivity index is 0.000000720. The summed E-state index contributed by atoms with van der Waals surface area (Å²) in [5.74, 6) is 1.91. The van der Waals surface area contributed by atoms with E-state index in [0.717, 1.165) is 5.89 Å². The van der Waals surface area contributed by atoms with Gasteiger partial charge in [-0.3, -0.25) is 0 Å². The van der Waals surface area contributed by atoms with Gasteiger partial charge in [-0.25, -0.2) is 0 Å². The molecule has 1 aliphatic rings. The standard InChI is InChI=1S/C7H11N3O.ClH/c8-4-6-9-7(11-10-6)5-2-1-3-5;/h5H,1-4,8H2;1H. The van der Waals surface area contributed by atoms with E-state index >= 15 is 0 Å². The van der Waals surface area contributed by atoms with Crippen LogP contribution in [-0.4, -0.2) is 10.1 Å². The summed E-state index contributed by atoms with van der Waals surface area (Å²) in [5, 5.41) is 3.73. The lowest BCUT2D eigenvalue weighted by molar-refractivity contribution is 0.291. The van der Waals surface area contributed by atoms with Gasteiger partial charge in [0, 0.05) is 5.92 Å². The van der Waals surface area contributed by atoms with E-state index in [9.17, 15) is 0 Å². The maximum absolute atomic E-state index is 5.34. The Morgan fingerprint density at radius 1 is 1.50 bits per heavy atom. The van der Waals surface area contributed by atoms with Crippen LogP contribution in [0.25, 0.3) is 0 Å². The summed E-state index contributed by atoms with van der Waals surface area (Å²) in [5.41, 5.74) is 5.34. The van der Waals surface area contributed by atoms with Crippen molar-refractivity contribution in [3.8, 4) is 0 Å². The van der Waals surface area contributed by atoms with Crippen LogP contribution in [0.3, 0.4) is 0 Å². The van der Waals surface area contributed by atoms with Crippen molar-refractivity contribution in [3.05, 3.63) is 11.7 Å². The van der Waals surface area contributed by atoms with Crippen LogP contribution in [-0.2, 0) is 6.54 Å². The molecule has 12 heavy (non-hydrogen) atoms. The van der Waals surface area contributed by atoms with E-state index in [0.29, 0.717) is 18.3 Å². The molecule has 1 saturated carbocycles. The Morgan fingerprint density at radius 2 is 2.25 bits per heavy atom. The first-order chi connectivity index (χ1) is 5.40. The van der Waals surface area contributed by atoms with Gasteiger partial charge in [-0.2, -0.15) is 4.98 Å². The third-order valence-corrected chi connectivity index (χ3v) is 2.12. The third-order valence-electron chi connectivity index (χ3n) is 2.12. The van der Waals surface area contributed by atoms with Crippen molar-refractivity contribution in [3.63, 3.8) is 0 Å². The highest BCUT2D eigenvalue weighted by atomic mass is 35.5. The molecule has 0 bridgehead atoms. The Morgan fingerprint density at radius 3 is 2.67 bits per heavy atom. The van der Waals surface area contributed by atoms with Gasteiger partial charge < -0.3 is 10.3 Å². The maximum Gasteiger partial charge on any atom is 0.229 e. The fraction of sp³-hybridized carbons (Fsp3) is 0.714. The first-order valence-corrected chi connectivity index (χ1v) is 3.92. The predicted molar refractivity (Wildman–Crippen MR) is 46.0 cm³/mol. The number of nitrogens with two attached hydrogens (primary N) is 1. The van der Waals surface area contributed by atoms with Gasteiger partial charge in [0.25, 0.3) is 0 Å². The van der Waals surface area contributed by atoms with Crippen molar-refractivity contribution < 1.29 is 4.52 Å². The summed E-state index contributed by atoms with van der Waals surface area (Å²) >= 11 is 0. The molecule has 68 valence electrons. The van der Waals surface area contributed by atoms with Crippen molar-refractivity contribution >= 4 is 12.4 Å². The van der Waals surface area contributed by atoms with Crippen molar-refractivity contribution in [1.29, 1.82) is 0 Å². The van der Waals surface area contributed by atoms with Crippen molar-refractivity contribution in [2.24, 2.45) is 5.73 Å². The minimum absolute atomic E-state index is 0. The van der Waals surface area contributed by atoms with E-state index in [-0.39, 0.29) is 12.4 Å². The second-order valence-electron chi connectivity index (χ2n) is 2.88. The summed E-state index contributed by atoms with van der Waals surface area (Å²) in [4.78, 5) is 4.15. The first kappa shape index (κ1) is 9.48. The summed E-state index contributed by atoms with van der Waals surface area (Å²) in [6.45, 7) is 0.371. The zero-order valence-electron chi connectivity index (χ0n) is 6.69. The highest BCUT2D eigenvalue weighted by Crippen LogP contribution is 2.34. The number of halogens is 1. The van der Waals surface area contributed by atoms with Gasteiger partial charge in [-0.05, 0) is 12.8 Å². The van der Waals surface area contributed by atoms with Crippen LogP contribution < -0.4 is 5.73 Å². The maximum atomic E-state index is 5.34. The molecule has 2 rings (SSSR count). The van der Waals surface area contributed by atoms with Crippen LogP contribution in [0.1, 0.15) is 36.9 Å². The largest absolute Gasteiger partial charge is 0.339 e. The Hall–Kier alpha value is -0.610. The summed E-state index contributed by atoms with van der Waals surface area (Å²) < 4.78 is 5.02. The van der Waals surface area contributed by atoms with E-state index in [1.54, 1.807) is 0 Å².